The Hall–Kier alpha value is -0.760. The van der Waals surface area contributed by atoms with Crippen molar-refractivity contribution in [1.29, 1.82) is 0 Å². The lowest BCUT2D eigenvalue weighted by molar-refractivity contribution is -0.131. The molecule has 3 saturated carbocycles. The molecule has 0 aromatic rings. The first kappa shape index (κ1) is 21.0. The topological polar surface area (TPSA) is 46.5 Å². The summed E-state index contributed by atoms with van der Waals surface area (Å²) in [5.74, 6) is 2.25. The molecule has 0 aliphatic heterocycles. The number of hydrogen-bond acceptors (Lipinski definition) is 3. The molecule has 27 heavy (non-hydrogen) atoms. The van der Waals surface area contributed by atoms with E-state index < -0.39 is 9.03 Å². The smallest absolute Gasteiger partial charge is 0.162 e. The number of carbonyl (C=O) groups excluding carboxylic acids is 1. The first-order chi connectivity index (χ1) is 12.9. The highest BCUT2D eigenvalue weighted by Gasteiger charge is 2.59. The number of carbonyl (C=O) groups is 1. The fraction of sp³-hybridized carbons (Fsp3) is 0.696. The van der Waals surface area contributed by atoms with Crippen LogP contribution in [0.25, 0.3) is 0 Å². The summed E-state index contributed by atoms with van der Waals surface area (Å²) in [6.07, 6.45) is 15.6. The summed E-state index contributed by atoms with van der Waals surface area (Å²) < 4.78 is 5.05. The maximum atomic E-state index is 12.7. The van der Waals surface area contributed by atoms with Crippen molar-refractivity contribution in [2.24, 2.45) is 34.5 Å². The molecule has 3 rings (SSSR count). The Balaban J connectivity index is 1.87. The van der Waals surface area contributed by atoms with Gasteiger partial charge in [-0.25, -0.2) is 0 Å². The van der Waals surface area contributed by atoms with Gasteiger partial charge in [0.25, 0.3) is 0 Å². The van der Waals surface area contributed by atoms with Gasteiger partial charge >= 0.3 is 0 Å². The van der Waals surface area contributed by atoms with Gasteiger partial charge in [0.05, 0.1) is 0 Å². The minimum absolute atomic E-state index is 0.0680. The molecule has 150 valence electrons. The quantitative estimate of drug-likeness (QED) is 0.473. The normalized spacial score (nSPS) is 43.3. The molecule has 0 radical (unpaired) electrons. The first-order valence-corrected chi connectivity index (χ1v) is 11.3. The minimum Gasteiger partial charge on any atom is -0.352 e. The number of Topliss-reactive ketones (excluding diaryl/α,β-unsaturated/α-hetero) is 1. The zero-order valence-corrected chi connectivity index (χ0v) is 18.0. The van der Waals surface area contributed by atoms with E-state index in [-0.39, 0.29) is 29.1 Å². The highest BCUT2D eigenvalue weighted by Crippen LogP contribution is 2.65. The Labute approximate surface area is 166 Å². The zero-order valence-electron chi connectivity index (χ0n) is 17.0. The van der Waals surface area contributed by atoms with Crippen molar-refractivity contribution in [3.05, 3.63) is 36.5 Å². The highest BCUT2D eigenvalue weighted by atomic mass is 31.1. The average molecular weight is 391 g/mol. The van der Waals surface area contributed by atoms with Crippen LogP contribution in [0.2, 0.25) is 0 Å². The summed E-state index contributed by atoms with van der Waals surface area (Å²) in [6.45, 7) is 10.9. The van der Waals surface area contributed by atoms with Crippen molar-refractivity contribution in [3.8, 4) is 0 Å². The Kier molecular flexibility index (Phi) is 6.45. The Morgan fingerprint density at radius 2 is 2.07 bits per heavy atom. The summed E-state index contributed by atoms with van der Waals surface area (Å²) in [6, 6.07) is 0. The van der Waals surface area contributed by atoms with Crippen LogP contribution in [0.1, 0.15) is 59.3 Å². The number of hydrogen-bond donors (Lipinski definition) is 1. The lowest BCUT2D eigenvalue weighted by Crippen LogP contribution is -2.50. The lowest BCUT2D eigenvalue weighted by Gasteiger charge is -2.56. The zero-order chi connectivity index (χ0) is 19.7. The second-order valence-electron chi connectivity index (χ2n) is 9.15. The van der Waals surface area contributed by atoms with E-state index in [0.717, 1.165) is 25.7 Å². The Bertz CT molecular complexity index is 640. The van der Waals surface area contributed by atoms with Crippen LogP contribution >= 0.6 is 9.03 Å². The van der Waals surface area contributed by atoms with Crippen molar-refractivity contribution in [2.75, 3.05) is 6.61 Å². The van der Waals surface area contributed by atoms with E-state index in [1.165, 1.54) is 18.4 Å². The van der Waals surface area contributed by atoms with E-state index in [1.54, 1.807) is 0 Å². The van der Waals surface area contributed by atoms with Crippen molar-refractivity contribution in [1.82, 2.24) is 0 Å². The summed E-state index contributed by atoms with van der Waals surface area (Å²) in [7, 11) is -0.596. The largest absolute Gasteiger partial charge is 0.352 e. The molecule has 0 aromatic heterocycles. The molecule has 0 amide bonds. The first-order valence-electron chi connectivity index (χ1n) is 10.4. The van der Waals surface area contributed by atoms with Crippen LogP contribution in [-0.2, 0) is 9.32 Å². The lowest BCUT2D eigenvalue weighted by atomic mass is 9.48. The van der Waals surface area contributed by atoms with Crippen molar-refractivity contribution < 1.29 is 14.2 Å². The molecule has 0 saturated heterocycles. The summed E-state index contributed by atoms with van der Waals surface area (Å²) >= 11 is 0. The number of rotatable bonds is 6. The molecule has 1 N–H and O–H groups in total. The molecule has 4 heteroatoms. The molecule has 0 bridgehead atoms. The molecule has 3 fully saturated rings. The van der Waals surface area contributed by atoms with Crippen LogP contribution in [0.5, 0.6) is 0 Å². The van der Waals surface area contributed by atoms with Crippen molar-refractivity contribution >= 4 is 14.8 Å². The summed E-state index contributed by atoms with van der Waals surface area (Å²) in [5.41, 5.74) is 1.72. The van der Waals surface area contributed by atoms with Gasteiger partial charge in [-0.05, 0) is 68.6 Å². The van der Waals surface area contributed by atoms with Gasteiger partial charge in [0, 0.05) is 11.3 Å². The molecule has 7 unspecified atom stereocenters. The summed E-state index contributed by atoms with van der Waals surface area (Å²) in [5, 5.41) is 0. The molecule has 3 aliphatic rings. The summed E-state index contributed by atoms with van der Waals surface area (Å²) in [4.78, 5) is 21.6. The third-order valence-corrected chi connectivity index (χ3v) is 8.42. The van der Waals surface area contributed by atoms with E-state index in [9.17, 15) is 4.79 Å². The van der Waals surface area contributed by atoms with E-state index in [1.807, 2.05) is 6.08 Å². The van der Waals surface area contributed by atoms with Gasteiger partial charge in [-0.15, -0.1) is 0 Å². The van der Waals surface area contributed by atoms with Crippen LogP contribution in [0, 0.1) is 34.5 Å². The Morgan fingerprint density at radius 1 is 1.30 bits per heavy atom. The van der Waals surface area contributed by atoms with Gasteiger partial charge in [0.1, 0.15) is 6.61 Å². The predicted octanol–water partition coefficient (Wildman–Crippen LogP) is 5.62. The molecule has 0 spiro atoms. The van der Waals surface area contributed by atoms with Gasteiger partial charge in [-0.3, -0.25) is 4.79 Å². The molecular weight excluding hydrogens is 355 g/mol. The highest BCUT2D eigenvalue weighted by molar-refractivity contribution is 7.25. The number of allylic oxidation sites excluding steroid dienone is 5. The SMILES string of the molecule is C=C/C=C1/CCC2C(CCC3(C)C(C(=O)COPO)CCC23)C1(C)/C=C\C. The van der Waals surface area contributed by atoms with Gasteiger partial charge in [0.2, 0.25) is 0 Å². The van der Waals surface area contributed by atoms with E-state index in [2.05, 4.69) is 45.6 Å². The van der Waals surface area contributed by atoms with Crippen LogP contribution in [0.3, 0.4) is 0 Å². The second-order valence-corrected chi connectivity index (χ2v) is 9.62. The van der Waals surface area contributed by atoms with Gasteiger partial charge < -0.3 is 9.42 Å². The predicted molar refractivity (Wildman–Crippen MR) is 112 cm³/mol. The molecular formula is C23H35O3P. The monoisotopic (exact) mass is 390 g/mol. The maximum Gasteiger partial charge on any atom is 0.162 e. The van der Waals surface area contributed by atoms with Crippen LogP contribution in [0.4, 0.5) is 0 Å². The fourth-order valence-corrected chi connectivity index (χ4v) is 7.19. The molecule has 3 aliphatic carbocycles. The van der Waals surface area contributed by atoms with Crippen molar-refractivity contribution in [2.45, 2.75) is 59.3 Å². The van der Waals surface area contributed by atoms with Gasteiger partial charge in [-0.2, -0.15) is 0 Å². The fourth-order valence-electron chi connectivity index (χ4n) is 6.98. The van der Waals surface area contributed by atoms with Gasteiger partial charge in [-0.1, -0.05) is 50.3 Å². The second kappa shape index (κ2) is 8.31. The molecule has 0 aromatic carbocycles. The van der Waals surface area contributed by atoms with Crippen LogP contribution < -0.4 is 0 Å². The van der Waals surface area contributed by atoms with Crippen LogP contribution in [-0.4, -0.2) is 17.3 Å². The molecule has 3 nitrogen and oxygen atoms in total. The number of ketones is 1. The standard InChI is InChI=1S/C23H35O3P/c1-5-7-16-8-9-17-18-10-11-20(21(24)15-26-27-25)23(18,4)14-12-19(17)22(16,3)13-6-2/h5-7,13,17-20,25,27H,1,8-12,14-15H2,2-4H3/b13-6-,16-7-. The maximum absolute atomic E-state index is 12.7. The van der Waals surface area contributed by atoms with E-state index in [4.69, 9.17) is 9.42 Å². The third-order valence-electron chi connectivity index (χ3n) is 8.15. The van der Waals surface area contributed by atoms with Crippen molar-refractivity contribution in [3.63, 3.8) is 0 Å². The molecule has 7 atom stereocenters. The Morgan fingerprint density at radius 3 is 2.74 bits per heavy atom. The number of fused-ring (bicyclic) bond motifs is 3. The third kappa shape index (κ3) is 3.52. The minimum atomic E-state index is -0.596. The van der Waals surface area contributed by atoms with Gasteiger partial charge in [0.15, 0.2) is 14.8 Å². The van der Waals surface area contributed by atoms with E-state index in [0.29, 0.717) is 17.8 Å². The average Bonchev–Trinajstić information content (AvgIpc) is 3.00. The molecule has 0 heterocycles. The van der Waals surface area contributed by atoms with E-state index >= 15 is 0 Å². The van der Waals surface area contributed by atoms with Crippen LogP contribution in [0.15, 0.2) is 36.5 Å².